The molecular formula is C8H7N3O. The Bertz CT molecular complexity index is 365. The van der Waals surface area contributed by atoms with Gasteiger partial charge in [-0.15, -0.1) is 0 Å². The maximum absolute atomic E-state index is 10.7. The molecular weight excluding hydrogens is 154 g/mol. The molecule has 0 spiro atoms. The Balaban J connectivity index is 3.32. The summed E-state index contributed by atoms with van der Waals surface area (Å²) in [6.45, 7) is 0. The molecule has 1 amide bonds. The van der Waals surface area contributed by atoms with E-state index in [1.807, 2.05) is 6.07 Å². The number of hydrogen-bond acceptors (Lipinski definition) is 3. The first-order valence-electron chi connectivity index (χ1n) is 3.24. The maximum atomic E-state index is 10.7. The molecule has 0 heterocycles. The zero-order valence-corrected chi connectivity index (χ0v) is 6.24. The lowest BCUT2D eigenvalue weighted by molar-refractivity contribution is 0.1000. The van der Waals surface area contributed by atoms with Crippen LogP contribution in [0.15, 0.2) is 18.2 Å². The van der Waals surface area contributed by atoms with Crippen molar-refractivity contribution in [3.63, 3.8) is 0 Å². The van der Waals surface area contributed by atoms with Crippen LogP contribution < -0.4 is 11.5 Å². The Labute approximate surface area is 69.4 Å². The van der Waals surface area contributed by atoms with Gasteiger partial charge in [0.25, 0.3) is 0 Å². The molecule has 12 heavy (non-hydrogen) atoms. The molecule has 4 nitrogen and oxygen atoms in total. The minimum atomic E-state index is -0.619. The van der Waals surface area contributed by atoms with E-state index < -0.39 is 5.91 Å². The van der Waals surface area contributed by atoms with Gasteiger partial charge in [0, 0.05) is 5.69 Å². The Morgan fingerprint density at radius 2 is 2.17 bits per heavy atom. The lowest BCUT2D eigenvalue weighted by Gasteiger charge is -1.98. The van der Waals surface area contributed by atoms with Crippen molar-refractivity contribution in [1.82, 2.24) is 0 Å². The van der Waals surface area contributed by atoms with Crippen LogP contribution in [0.3, 0.4) is 0 Å². The van der Waals surface area contributed by atoms with Gasteiger partial charge in [0.2, 0.25) is 5.91 Å². The van der Waals surface area contributed by atoms with Crippen LogP contribution >= 0.6 is 0 Å². The molecule has 60 valence electrons. The second-order valence-corrected chi connectivity index (χ2v) is 2.28. The number of carbonyl (C=O) groups excluding carboxylic acids is 1. The lowest BCUT2D eigenvalue weighted by atomic mass is 10.1. The first kappa shape index (κ1) is 8.08. The van der Waals surface area contributed by atoms with Gasteiger partial charge in [-0.25, -0.2) is 0 Å². The van der Waals surface area contributed by atoms with E-state index in [1.54, 1.807) is 0 Å². The van der Waals surface area contributed by atoms with Crippen molar-refractivity contribution in [2.24, 2.45) is 5.73 Å². The van der Waals surface area contributed by atoms with Gasteiger partial charge in [-0.3, -0.25) is 4.79 Å². The van der Waals surface area contributed by atoms with E-state index in [0.29, 0.717) is 5.69 Å². The summed E-state index contributed by atoms with van der Waals surface area (Å²) < 4.78 is 0. The van der Waals surface area contributed by atoms with E-state index in [0.717, 1.165) is 0 Å². The summed E-state index contributed by atoms with van der Waals surface area (Å²) in [7, 11) is 0. The zero-order chi connectivity index (χ0) is 9.14. The molecule has 1 aromatic rings. The fourth-order valence-corrected chi connectivity index (χ4v) is 0.869. The first-order valence-corrected chi connectivity index (χ1v) is 3.24. The van der Waals surface area contributed by atoms with Crippen LogP contribution in [0.5, 0.6) is 0 Å². The number of anilines is 1. The second kappa shape index (κ2) is 2.93. The minimum absolute atomic E-state index is 0.201. The van der Waals surface area contributed by atoms with Gasteiger partial charge < -0.3 is 11.5 Å². The topological polar surface area (TPSA) is 92.9 Å². The molecule has 4 N–H and O–H groups in total. The number of carbonyl (C=O) groups is 1. The summed E-state index contributed by atoms with van der Waals surface area (Å²) in [6, 6.07) is 6.22. The summed E-state index contributed by atoms with van der Waals surface area (Å²) in [5.41, 5.74) is 11.3. The highest BCUT2D eigenvalue weighted by Crippen LogP contribution is 2.11. The predicted molar refractivity (Wildman–Crippen MR) is 44.1 cm³/mol. The van der Waals surface area contributed by atoms with Crippen LogP contribution in [0.2, 0.25) is 0 Å². The number of rotatable bonds is 1. The number of nitriles is 1. The fourth-order valence-electron chi connectivity index (χ4n) is 0.869. The molecule has 0 saturated heterocycles. The van der Waals surface area contributed by atoms with Crippen LogP contribution in [0, 0.1) is 11.3 Å². The Morgan fingerprint density at radius 3 is 2.67 bits per heavy atom. The van der Waals surface area contributed by atoms with Crippen molar-refractivity contribution in [1.29, 1.82) is 5.26 Å². The lowest BCUT2D eigenvalue weighted by Crippen LogP contribution is -2.12. The van der Waals surface area contributed by atoms with Gasteiger partial charge >= 0.3 is 0 Å². The standard InChI is InChI=1S/C8H7N3O/c9-4-5-3-6(10)1-2-7(5)8(11)12/h1-3H,10H2,(H2,11,12). The van der Waals surface area contributed by atoms with Gasteiger partial charge in [0.05, 0.1) is 11.1 Å². The van der Waals surface area contributed by atoms with Crippen LogP contribution in [0.25, 0.3) is 0 Å². The average Bonchev–Trinajstić information content (AvgIpc) is 2.03. The summed E-state index contributed by atoms with van der Waals surface area (Å²) in [5.74, 6) is -0.619. The van der Waals surface area contributed by atoms with Crippen molar-refractivity contribution in [2.45, 2.75) is 0 Å². The molecule has 0 fully saturated rings. The molecule has 0 radical (unpaired) electrons. The Hall–Kier alpha value is -2.02. The van der Waals surface area contributed by atoms with E-state index in [-0.39, 0.29) is 11.1 Å². The van der Waals surface area contributed by atoms with Crippen molar-refractivity contribution >= 4 is 11.6 Å². The first-order chi connectivity index (χ1) is 5.65. The minimum Gasteiger partial charge on any atom is -0.399 e. The van der Waals surface area contributed by atoms with Crippen molar-refractivity contribution in [3.8, 4) is 6.07 Å². The molecule has 1 aromatic carbocycles. The number of benzene rings is 1. The SMILES string of the molecule is N#Cc1cc(N)ccc1C(N)=O. The molecule has 0 unspecified atom stereocenters. The number of nitrogens with zero attached hydrogens (tertiary/aromatic N) is 1. The van der Waals surface area contributed by atoms with Crippen molar-refractivity contribution < 1.29 is 4.79 Å². The van der Waals surface area contributed by atoms with Gasteiger partial charge in [-0.2, -0.15) is 5.26 Å². The third-order valence-electron chi connectivity index (χ3n) is 1.43. The monoisotopic (exact) mass is 161 g/mol. The predicted octanol–water partition coefficient (Wildman–Crippen LogP) is 0.239. The van der Waals surface area contributed by atoms with Crippen LogP contribution in [0.1, 0.15) is 15.9 Å². The largest absolute Gasteiger partial charge is 0.399 e. The highest BCUT2D eigenvalue weighted by atomic mass is 16.1. The van der Waals surface area contributed by atoms with E-state index in [4.69, 9.17) is 16.7 Å². The van der Waals surface area contributed by atoms with Crippen molar-refractivity contribution in [3.05, 3.63) is 29.3 Å². The third-order valence-corrected chi connectivity index (χ3v) is 1.43. The number of hydrogen-bond donors (Lipinski definition) is 2. The second-order valence-electron chi connectivity index (χ2n) is 2.28. The summed E-state index contributed by atoms with van der Waals surface area (Å²) >= 11 is 0. The highest BCUT2D eigenvalue weighted by Gasteiger charge is 2.06. The number of primary amides is 1. The number of nitrogens with two attached hydrogens (primary N) is 2. The van der Waals surface area contributed by atoms with E-state index in [2.05, 4.69) is 0 Å². The summed E-state index contributed by atoms with van der Waals surface area (Å²) in [6.07, 6.45) is 0. The summed E-state index contributed by atoms with van der Waals surface area (Å²) in [5, 5.41) is 8.58. The normalized spacial score (nSPS) is 8.92. The van der Waals surface area contributed by atoms with Crippen molar-refractivity contribution in [2.75, 3.05) is 5.73 Å². The number of amides is 1. The van der Waals surface area contributed by atoms with E-state index in [9.17, 15) is 4.79 Å². The van der Waals surface area contributed by atoms with Gasteiger partial charge in [-0.1, -0.05) is 0 Å². The molecule has 4 heteroatoms. The zero-order valence-electron chi connectivity index (χ0n) is 6.24. The Morgan fingerprint density at radius 1 is 1.50 bits per heavy atom. The maximum Gasteiger partial charge on any atom is 0.250 e. The molecule has 0 atom stereocenters. The average molecular weight is 161 g/mol. The molecule has 0 aliphatic rings. The van der Waals surface area contributed by atoms with Gasteiger partial charge in [0.1, 0.15) is 6.07 Å². The van der Waals surface area contributed by atoms with Crippen LogP contribution in [-0.4, -0.2) is 5.91 Å². The third kappa shape index (κ3) is 1.35. The highest BCUT2D eigenvalue weighted by molar-refractivity contribution is 5.95. The number of nitrogen functional groups attached to an aromatic ring is 1. The van der Waals surface area contributed by atoms with Gasteiger partial charge in [-0.05, 0) is 18.2 Å². The fraction of sp³-hybridized carbons (Fsp3) is 0. The molecule has 0 bridgehead atoms. The summed E-state index contributed by atoms with van der Waals surface area (Å²) in [4.78, 5) is 10.7. The van der Waals surface area contributed by atoms with E-state index in [1.165, 1.54) is 18.2 Å². The smallest absolute Gasteiger partial charge is 0.250 e. The molecule has 0 saturated carbocycles. The molecule has 0 aliphatic heterocycles. The quantitative estimate of drug-likeness (QED) is 0.577. The Kier molecular flexibility index (Phi) is 1.97. The molecule has 0 aliphatic carbocycles. The van der Waals surface area contributed by atoms with Crippen LogP contribution in [-0.2, 0) is 0 Å². The van der Waals surface area contributed by atoms with Gasteiger partial charge in [0.15, 0.2) is 0 Å². The molecule has 1 rings (SSSR count). The van der Waals surface area contributed by atoms with Crippen LogP contribution in [0.4, 0.5) is 5.69 Å². The molecule has 0 aromatic heterocycles. The van der Waals surface area contributed by atoms with E-state index >= 15 is 0 Å².